The Morgan fingerprint density at radius 3 is 2.91 bits per heavy atom. The van der Waals surface area contributed by atoms with E-state index in [2.05, 4.69) is 24.3 Å². The van der Waals surface area contributed by atoms with Crippen molar-refractivity contribution >= 4 is 5.71 Å². The number of nitrogens with one attached hydrogen (secondary N) is 1. The largest absolute Gasteiger partial charge is 0.391 e. The van der Waals surface area contributed by atoms with Crippen LogP contribution in [-0.4, -0.2) is 25.4 Å². The molecule has 1 rings (SSSR count). The highest BCUT2D eigenvalue weighted by Crippen LogP contribution is 2.14. The van der Waals surface area contributed by atoms with Crippen molar-refractivity contribution in [2.24, 2.45) is 11.1 Å². The SMILES string of the molecule is CNC[C@H]1CC(C(C)C)=NO1. The number of hydrogen-bond donors (Lipinski definition) is 1. The highest BCUT2D eigenvalue weighted by atomic mass is 16.6. The summed E-state index contributed by atoms with van der Waals surface area (Å²) in [5.41, 5.74) is 1.19. The molecule has 1 aliphatic heterocycles. The maximum atomic E-state index is 5.19. The summed E-state index contributed by atoms with van der Waals surface area (Å²) >= 11 is 0. The van der Waals surface area contributed by atoms with Gasteiger partial charge in [0.05, 0.1) is 5.71 Å². The Balaban J connectivity index is 2.31. The van der Waals surface area contributed by atoms with E-state index in [4.69, 9.17) is 4.84 Å². The molecule has 1 N–H and O–H groups in total. The van der Waals surface area contributed by atoms with E-state index in [1.807, 2.05) is 7.05 Å². The van der Waals surface area contributed by atoms with Gasteiger partial charge in [-0.25, -0.2) is 0 Å². The second-order valence-electron chi connectivity index (χ2n) is 3.23. The third-order valence-electron chi connectivity index (χ3n) is 1.85. The summed E-state index contributed by atoms with van der Waals surface area (Å²) in [5, 5.41) is 7.08. The fraction of sp³-hybridized carbons (Fsp3) is 0.875. The summed E-state index contributed by atoms with van der Waals surface area (Å²) in [4.78, 5) is 5.19. The van der Waals surface area contributed by atoms with Gasteiger partial charge in [0, 0.05) is 13.0 Å². The fourth-order valence-corrected chi connectivity index (χ4v) is 1.13. The molecule has 11 heavy (non-hydrogen) atoms. The first-order valence-electron chi connectivity index (χ1n) is 4.11. The number of hydrogen-bond acceptors (Lipinski definition) is 3. The number of nitrogens with zero attached hydrogens (tertiary/aromatic N) is 1. The maximum Gasteiger partial charge on any atom is 0.145 e. The molecular formula is C8H16N2O. The smallest absolute Gasteiger partial charge is 0.145 e. The third kappa shape index (κ3) is 2.19. The first-order chi connectivity index (χ1) is 5.24. The molecule has 0 aromatic rings. The Morgan fingerprint density at radius 1 is 1.73 bits per heavy atom. The minimum atomic E-state index is 0.261. The maximum absolute atomic E-state index is 5.19. The van der Waals surface area contributed by atoms with Crippen molar-refractivity contribution in [3.63, 3.8) is 0 Å². The normalized spacial score (nSPS) is 23.6. The van der Waals surface area contributed by atoms with Crippen molar-refractivity contribution in [3.05, 3.63) is 0 Å². The van der Waals surface area contributed by atoms with Crippen LogP contribution >= 0.6 is 0 Å². The molecule has 64 valence electrons. The Hall–Kier alpha value is -0.570. The number of oxime groups is 1. The fourth-order valence-electron chi connectivity index (χ4n) is 1.13. The summed E-state index contributed by atoms with van der Waals surface area (Å²) in [7, 11) is 1.93. The van der Waals surface area contributed by atoms with Crippen molar-refractivity contribution < 1.29 is 4.84 Å². The van der Waals surface area contributed by atoms with E-state index >= 15 is 0 Å². The average Bonchev–Trinajstić information content (AvgIpc) is 2.37. The molecule has 1 aliphatic rings. The predicted octanol–water partition coefficient (Wildman–Crippen LogP) is 1.01. The van der Waals surface area contributed by atoms with Gasteiger partial charge in [0.1, 0.15) is 6.10 Å². The van der Waals surface area contributed by atoms with Crippen molar-refractivity contribution in [2.45, 2.75) is 26.4 Å². The summed E-state index contributed by atoms with van der Waals surface area (Å²) < 4.78 is 0. The zero-order chi connectivity index (χ0) is 8.27. The Bertz CT molecular complexity index is 154. The van der Waals surface area contributed by atoms with E-state index in [0.717, 1.165) is 13.0 Å². The van der Waals surface area contributed by atoms with Crippen LogP contribution in [0.5, 0.6) is 0 Å². The molecule has 0 saturated heterocycles. The van der Waals surface area contributed by atoms with Crippen LogP contribution in [0.1, 0.15) is 20.3 Å². The average molecular weight is 156 g/mol. The van der Waals surface area contributed by atoms with Crippen molar-refractivity contribution in [1.82, 2.24) is 5.32 Å². The van der Waals surface area contributed by atoms with Crippen LogP contribution in [0.25, 0.3) is 0 Å². The van der Waals surface area contributed by atoms with Crippen LogP contribution in [0, 0.1) is 5.92 Å². The lowest BCUT2D eigenvalue weighted by Crippen LogP contribution is -2.24. The Labute approximate surface area is 67.8 Å². The molecule has 0 bridgehead atoms. The molecule has 3 nitrogen and oxygen atoms in total. The topological polar surface area (TPSA) is 33.6 Å². The summed E-state index contributed by atoms with van der Waals surface area (Å²) in [6.07, 6.45) is 1.25. The second kappa shape index (κ2) is 3.72. The Kier molecular flexibility index (Phi) is 2.88. The van der Waals surface area contributed by atoms with E-state index < -0.39 is 0 Å². The molecule has 0 aromatic carbocycles. The van der Waals surface area contributed by atoms with Crippen molar-refractivity contribution in [1.29, 1.82) is 0 Å². The minimum Gasteiger partial charge on any atom is -0.391 e. The van der Waals surface area contributed by atoms with Gasteiger partial charge in [-0.05, 0) is 13.0 Å². The lowest BCUT2D eigenvalue weighted by Gasteiger charge is -2.06. The van der Waals surface area contributed by atoms with Gasteiger partial charge in [-0.2, -0.15) is 0 Å². The van der Waals surface area contributed by atoms with Gasteiger partial charge in [0.2, 0.25) is 0 Å². The molecule has 3 heteroatoms. The van der Waals surface area contributed by atoms with Crippen molar-refractivity contribution in [2.75, 3.05) is 13.6 Å². The van der Waals surface area contributed by atoms with Gasteiger partial charge >= 0.3 is 0 Å². The molecule has 0 aliphatic carbocycles. The molecule has 0 radical (unpaired) electrons. The quantitative estimate of drug-likeness (QED) is 0.661. The minimum absolute atomic E-state index is 0.261. The zero-order valence-electron chi connectivity index (χ0n) is 7.42. The highest BCUT2D eigenvalue weighted by Gasteiger charge is 2.21. The monoisotopic (exact) mass is 156 g/mol. The summed E-state index contributed by atoms with van der Waals surface area (Å²) in [5.74, 6) is 0.525. The second-order valence-corrected chi connectivity index (χ2v) is 3.23. The molecule has 0 fully saturated rings. The summed E-state index contributed by atoms with van der Waals surface area (Å²) in [6.45, 7) is 5.17. The molecule has 0 unspecified atom stereocenters. The lowest BCUT2D eigenvalue weighted by molar-refractivity contribution is 0.0866. The number of likely N-dealkylation sites (N-methyl/N-ethyl adjacent to an activating group) is 1. The van der Waals surface area contributed by atoms with E-state index in [-0.39, 0.29) is 6.10 Å². The van der Waals surface area contributed by atoms with Crippen LogP contribution in [0.15, 0.2) is 5.16 Å². The van der Waals surface area contributed by atoms with E-state index in [1.165, 1.54) is 5.71 Å². The van der Waals surface area contributed by atoms with Crippen LogP contribution in [-0.2, 0) is 4.84 Å². The lowest BCUT2D eigenvalue weighted by atomic mass is 10.0. The molecule has 0 aromatic heterocycles. The molecule has 0 saturated carbocycles. The molecule has 1 heterocycles. The van der Waals surface area contributed by atoms with Crippen LogP contribution in [0.3, 0.4) is 0 Å². The molecule has 0 amide bonds. The van der Waals surface area contributed by atoms with E-state index in [9.17, 15) is 0 Å². The van der Waals surface area contributed by atoms with Gasteiger partial charge in [-0.3, -0.25) is 0 Å². The third-order valence-corrected chi connectivity index (χ3v) is 1.85. The summed E-state index contributed by atoms with van der Waals surface area (Å²) in [6, 6.07) is 0. The van der Waals surface area contributed by atoms with E-state index in [0.29, 0.717) is 5.92 Å². The molecular weight excluding hydrogens is 140 g/mol. The standard InChI is InChI=1S/C8H16N2O/c1-6(2)8-4-7(5-9-3)11-10-8/h6-7,9H,4-5H2,1-3H3/t7-/m1/s1. The van der Waals surface area contributed by atoms with Gasteiger partial charge in [0.15, 0.2) is 0 Å². The van der Waals surface area contributed by atoms with Gasteiger partial charge in [-0.15, -0.1) is 0 Å². The van der Waals surface area contributed by atoms with Crippen LogP contribution < -0.4 is 5.32 Å². The van der Waals surface area contributed by atoms with E-state index in [1.54, 1.807) is 0 Å². The molecule has 0 spiro atoms. The molecule has 1 atom stereocenters. The number of rotatable bonds is 3. The van der Waals surface area contributed by atoms with Gasteiger partial charge in [-0.1, -0.05) is 19.0 Å². The first kappa shape index (κ1) is 8.53. The van der Waals surface area contributed by atoms with Gasteiger partial charge < -0.3 is 10.2 Å². The zero-order valence-corrected chi connectivity index (χ0v) is 7.42. The predicted molar refractivity (Wildman–Crippen MR) is 45.7 cm³/mol. The van der Waals surface area contributed by atoms with Crippen LogP contribution in [0.2, 0.25) is 0 Å². The van der Waals surface area contributed by atoms with Crippen LogP contribution in [0.4, 0.5) is 0 Å². The first-order valence-corrected chi connectivity index (χ1v) is 4.11. The van der Waals surface area contributed by atoms with Gasteiger partial charge in [0.25, 0.3) is 0 Å². The highest BCUT2D eigenvalue weighted by molar-refractivity contribution is 5.87. The Morgan fingerprint density at radius 2 is 2.45 bits per heavy atom. The van der Waals surface area contributed by atoms with Crippen molar-refractivity contribution in [3.8, 4) is 0 Å².